The van der Waals surface area contributed by atoms with Crippen LogP contribution in [-0.4, -0.2) is 16.5 Å². The molecule has 1 atom stereocenters. The number of hydrogen-bond acceptors (Lipinski definition) is 6. The number of nitrogens with zero attached hydrogens (tertiary/aromatic N) is 2. The Morgan fingerprint density at radius 1 is 1.58 bits per heavy atom. The highest BCUT2D eigenvalue weighted by Crippen LogP contribution is 2.31. The lowest BCUT2D eigenvalue weighted by Gasteiger charge is -2.12. The molecule has 0 saturated heterocycles. The van der Waals surface area contributed by atoms with Crippen LogP contribution < -0.4 is 11.1 Å². The molecule has 0 amide bonds. The molecule has 0 saturated carbocycles. The molecular formula is C12H14N4O2S. The maximum absolute atomic E-state index is 11.0. The lowest BCUT2D eigenvalue weighted by atomic mass is 10.1. The van der Waals surface area contributed by atoms with E-state index in [9.17, 15) is 10.1 Å². The number of nitro groups is 1. The Labute approximate surface area is 114 Å². The molecule has 1 heterocycles. The van der Waals surface area contributed by atoms with Gasteiger partial charge in [0.2, 0.25) is 0 Å². The van der Waals surface area contributed by atoms with Crippen LogP contribution in [-0.2, 0) is 0 Å². The second kappa shape index (κ2) is 5.66. The van der Waals surface area contributed by atoms with Crippen LogP contribution in [0.15, 0.2) is 29.8 Å². The maximum Gasteiger partial charge on any atom is 0.314 e. The Morgan fingerprint density at radius 3 is 3.00 bits per heavy atom. The summed E-state index contributed by atoms with van der Waals surface area (Å²) < 4.78 is 0. The molecule has 0 aliphatic heterocycles. The summed E-state index contributed by atoms with van der Waals surface area (Å²) in [6.45, 7) is 2.59. The molecule has 1 unspecified atom stereocenters. The van der Waals surface area contributed by atoms with Gasteiger partial charge in [0.15, 0.2) is 0 Å². The largest absolute Gasteiger partial charge is 0.393 e. The molecule has 100 valence electrons. The van der Waals surface area contributed by atoms with E-state index in [2.05, 4.69) is 10.3 Å². The predicted molar refractivity (Wildman–Crippen MR) is 76.5 cm³/mol. The van der Waals surface area contributed by atoms with Crippen molar-refractivity contribution in [2.24, 2.45) is 0 Å². The fraction of sp³-hybridized carbons (Fsp3) is 0.250. The van der Waals surface area contributed by atoms with E-state index in [4.69, 9.17) is 5.73 Å². The Morgan fingerprint density at radius 2 is 2.37 bits per heavy atom. The predicted octanol–water partition coefficient (Wildman–Crippen LogP) is 2.85. The van der Waals surface area contributed by atoms with Gasteiger partial charge < -0.3 is 11.1 Å². The number of rotatable bonds is 5. The van der Waals surface area contributed by atoms with Crippen LogP contribution in [0.25, 0.3) is 0 Å². The third-order valence-corrected chi connectivity index (χ3v) is 3.73. The van der Waals surface area contributed by atoms with Crippen LogP contribution in [0.2, 0.25) is 0 Å². The van der Waals surface area contributed by atoms with E-state index >= 15 is 0 Å². The summed E-state index contributed by atoms with van der Waals surface area (Å²) in [7, 11) is 0. The maximum atomic E-state index is 11.0. The normalized spacial score (nSPS) is 12.1. The number of benzene rings is 1. The van der Waals surface area contributed by atoms with E-state index in [0.29, 0.717) is 12.2 Å². The smallest absolute Gasteiger partial charge is 0.314 e. The first-order valence-electron chi connectivity index (χ1n) is 5.75. The van der Waals surface area contributed by atoms with Gasteiger partial charge in [-0.25, -0.2) is 4.98 Å². The highest BCUT2D eigenvalue weighted by molar-refractivity contribution is 7.09. The summed E-state index contributed by atoms with van der Waals surface area (Å²) in [6.07, 6.45) is 1.75. The third-order valence-electron chi connectivity index (χ3n) is 2.72. The van der Waals surface area contributed by atoms with E-state index in [1.165, 1.54) is 6.07 Å². The fourth-order valence-electron chi connectivity index (χ4n) is 1.74. The summed E-state index contributed by atoms with van der Waals surface area (Å²) in [4.78, 5) is 14.7. The number of nitrogens with two attached hydrogens (primary N) is 1. The van der Waals surface area contributed by atoms with Crippen LogP contribution in [0, 0.1) is 10.1 Å². The first-order valence-corrected chi connectivity index (χ1v) is 6.63. The van der Waals surface area contributed by atoms with E-state index in [1.54, 1.807) is 29.7 Å². The standard InChI is InChI=1S/C12H14N4O2S/c1-8(12-14-5-6-19-12)7-15-10-4-2-3-9(13)11(10)16(17)18/h2-6,8,15H,7,13H2,1H3. The SMILES string of the molecule is CC(CNc1cccc(N)c1[N+](=O)[O-])c1nccs1. The van der Waals surface area contributed by atoms with Crippen LogP contribution in [0.3, 0.4) is 0 Å². The van der Waals surface area contributed by atoms with Crippen molar-refractivity contribution in [2.45, 2.75) is 12.8 Å². The van der Waals surface area contributed by atoms with Gasteiger partial charge in [0, 0.05) is 24.0 Å². The van der Waals surface area contributed by atoms with Gasteiger partial charge in [-0.15, -0.1) is 11.3 Å². The topological polar surface area (TPSA) is 94.1 Å². The average molecular weight is 278 g/mol. The first-order chi connectivity index (χ1) is 9.09. The number of nitro benzene ring substituents is 1. The molecule has 0 radical (unpaired) electrons. The van der Waals surface area contributed by atoms with Crippen molar-refractivity contribution in [1.29, 1.82) is 0 Å². The van der Waals surface area contributed by atoms with E-state index in [1.807, 2.05) is 12.3 Å². The molecular weight excluding hydrogens is 264 g/mol. The van der Waals surface area contributed by atoms with Crippen LogP contribution in [0.4, 0.5) is 17.1 Å². The van der Waals surface area contributed by atoms with Crippen molar-refractivity contribution >= 4 is 28.4 Å². The van der Waals surface area contributed by atoms with Gasteiger partial charge in [-0.05, 0) is 12.1 Å². The molecule has 6 nitrogen and oxygen atoms in total. The van der Waals surface area contributed by atoms with Crippen LogP contribution in [0.5, 0.6) is 0 Å². The summed E-state index contributed by atoms with van der Waals surface area (Å²) >= 11 is 1.57. The molecule has 19 heavy (non-hydrogen) atoms. The van der Waals surface area contributed by atoms with Crippen LogP contribution in [0.1, 0.15) is 17.8 Å². The highest BCUT2D eigenvalue weighted by atomic mass is 32.1. The Bertz CT molecular complexity index is 571. The van der Waals surface area contributed by atoms with Crippen molar-refractivity contribution in [1.82, 2.24) is 4.98 Å². The molecule has 3 N–H and O–H groups in total. The number of thiazole rings is 1. The second-order valence-corrected chi connectivity index (χ2v) is 5.08. The second-order valence-electron chi connectivity index (χ2n) is 4.15. The van der Waals surface area contributed by atoms with Gasteiger partial charge >= 0.3 is 5.69 Å². The zero-order valence-electron chi connectivity index (χ0n) is 10.4. The molecule has 0 fully saturated rings. The molecule has 1 aromatic heterocycles. The Hall–Kier alpha value is -2.15. The van der Waals surface area contributed by atoms with Crippen molar-refractivity contribution in [3.63, 3.8) is 0 Å². The number of hydrogen-bond donors (Lipinski definition) is 2. The third kappa shape index (κ3) is 3.00. The molecule has 0 bridgehead atoms. The summed E-state index contributed by atoms with van der Waals surface area (Å²) in [5.41, 5.74) is 6.16. The molecule has 2 rings (SSSR count). The molecule has 2 aromatic rings. The minimum absolute atomic E-state index is 0.0751. The highest BCUT2D eigenvalue weighted by Gasteiger charge is 2.18. The Kier molecular flexibility index (Phi) is 3.96. The number of nitrogen functional groups attached to an aromatic ring is 1. The van der Waals surface area contributed by atoms with Gasteiger partial charge in [0.25, 0.3) is 0 Å². The Balaban J connectivity index is 2.12. The van der Waals surface area contributed by atoms with E-state index in [0.717, 1.165) is 5.01 Å². The van der Waals surface area contributed by atoms with Gasteiger partial charge in [-0.2, -0.15) is 0 Å². The lowest BCUT2D eigenvalue weighted by Crippen LogP contribution is -2.11. The molecule has 1 aromatic carbocycles. The van der Waals surface area contributed by atoms with Crippen LogP contribution >= 0.6 is 11.3 Å². The van der Waals surface area contributed by atoms with Crippen molar-refractivity contribution in [3.05, 3.63) is 44.9 Å². The summed E-state index contributed by atoms with van der Waals surface area (Å²) in [6, 6.07) is 4.87. The van der Waals surface area contributed by atoms with Crippen molar-refractivity contribution in [2.75, 3.05) is 17.6 Å². The minimum atomic E-state index is -0.467. The molecule has 0 aliphatic carbocycles. The fourth-order valence-corrected chi connectivity index (χ4v) is 2.43. The van der Waals surface area contributed by atoms with E-state index < -0.39 is 4.92 Å². The van der Waals surface area contributed by atoms with E-state index in [-0.39, 0.29) is 17.3 Å². The minimum Gasteiger partial charge on any atom is -0.393 e. The monoisotopic (exact) mass is 278 g/mol. The average Bonchev–Trinajstić information content (AvgIpc) is 2.89. The summed E-state index contributed by atoms with van der Waals surface area (Å²) in [5.74, 6) is 0.182. The first kappa shape index (κ1) is 13.3. The van der Waals surface area contributed by atoms with Gasteiger partial charge in [-0.1, -0.05) is 13.0 Å². The van der Waals surface area contributed by atoms with Gasteiger partial charge in [0.05, 0.1) is 9.93 Å². The lowest BCUT2D eigenvalue weighted by molar-refractivity contribution is -0.383. The number of anilines is 2. The van der Waals surface area contributed by atoms with Crippen molar-refractivity contribution < 1.29 is 4.92 Å². The number of para-hydroxylation sites is 1. The zero-order valence-corrected chi connectivity index (χ0v) is 11.2. The number of nitrogens with one attached hydrogen (secondary N) is 1. The quantitative estimate of drug-likeness (QED) is 0.498. The zero-order chi connectivity index (χ0) is 13.8. The molecule has 7 heteroatoms. The molecule has 0 aliphatic rings. The van der Waals surface area contributed by atoms with Gasteiger partial charge in [-0.3, -0.25) is 10.1 Å². The molecule has 0 spiro atoms. The number of aromatic nitrogens is 1. The summed E-state index contributed by atoms with van der Waals surface area (Å²) in [5, 5.41) is 17.0. The van der Waals surface area contributed by atoms with Crippen molar-refractivity contribution in [3.8, 4) is 0 Å². The van der Waals surface area contributed by atoms with Gasteiger partial charge in [0.1, 0.15) is 11.4 Å².